The third-order valence-electron chi connectivity index (χ3n) is 4.03. The fourth-order valence-corrected chi connectivity index (χ4v) is 3.50. The SMILES string of the molecule is CNS(=O)(=O)c1ccc(NC2CCOc3ccccc32)c([N+](=O)[O-])c1. The molecule has 25 heavy (non-hydrogen) atoms. The molecule has 0 saturated carbocycles. The lowest BCUT2D eigenvalue weighted by Crippen LogP contribution is -2.21. The molecule has 132 valence electrons. The minimum atomic E-state index is -3.75. The summed E-state index contributed by atoms with van der Waals surface area (Å²) in [5.41, 5.74) is 0.886. The van der Waals surface area contributed by atoms with Gasteiger partial charge in [0, 0.05) is 18.1 Å². The van der Waals surface area contributed by atoms with Gasteiger partial charge in [0.15, 0.2) is 0 Å². The van der Waals surface area contributed by atoms with Crippen LogP contribution in [0.3, 0.4) is 0 Å². The highest BCUT2D eigenvalue weighted by atomic mass is 32.2. The monoisotopic (exact) mass is 363 g/mol. The number of ether oxygens (including phenoxy) is 1. The van der Waals surface area contributed by atoms with Crippen LogP contribution in [0.15, 0.2) is 47.4 Å². The molecule has 0 saturated heterocycles. The van der Waals surface area contributed by atoms with Crippen molar-refractivity contribution in [1.82, 2.24) is 4.72 Å². The van der Waals surface area contributed by atoms with E-state index in [0.717, 1.165) is 17.4 Å². The van der Waals surface area contributed by atoms with Crippen molar-refractivity contribution >= 4 is 21.4 Å². The zero-order valence-corrected chi connectivity index (χ0v) is 14.2. The number of hydrogen-bond donors (Lipinski definition) is 2. The van der Waals surface area contributed by atoms with Gasteiger partial charge in [-0.15, -0.1) is 0 Å². The Labute approximate surface area is 145 Å². The molecule has 2 aromatic carbocycles. The lowest BCUT2D eigenvalue weighted by Gasteiger charge is -2.27. The molecule has 1 atom stereocenters. The highest BCUT2D eigenvalue weighted by Gasteiger charge is 2.25. The Morgan fingerprint density at radius 2 is 2.00 bits per heavy atom. The molecule has 2 aromatic rings. The van der Waals surface area contributed by atoms with Gasteiger partial charge in [-0.3, -0.25) is 10.1 Å². The van der Waals surface area contributed by atoms with E-state index in [9.17, 15) is 18.5 Å². The highest BCUT2D eigenvalue weighted by Crippen LogP contribution is 2.37. The molecule has 0 amide bonds. The van der Waals surface area contributed by atoms with Gasteiger partial charge in [0.25, 0.3) is 5.69 Å². The van der Waals surface area contributed by atoms with Crippen LogP contribution < -0.4 is 14.8 Å². The first-order chi connectivity index (χ1) is 11.9. The summed E-state index contributed by atoms with van der Waals surface area (Å²) in [5.74, 6) is 0.739. The summed E-state index contributed by atoms with van der Waals surface area (Å²) >= 11 is 0. The molecular formula is C16H17N3O5S. The molecule has 0 fully saturated rings. The number of benzene rings is 2. The fourth-order valence-electron chi connectivity index (χ4n) is 2.75. The van der Waals surface area contributed by atoms with Crippen LogP contribution in [0.2, 0.25) is 0 Å². The van der Waals surface area contributed by atoms with Crippen LogP contribution in [0.1, 0.15) is 18.0 Å². The van der Waals surface area contributed by atoms with Crippen molar-refractivity contribution in [3.63, 3.8) is 0 Å². The van der Waals surface area contributed by atoms with Gasteiger partial charge in [-0.1, -0.05) is 18.2 Å². The normalized spacial score (nSPS) is 16.6. The first kappa shape index (κ1) is 17.2. The Balaban J connectivity index is 1.97. The van der Waals surface area contributed by atoms with E-state index < -0.39 is 14.9 Å². The Bertz CT molecular complexity index is 914. The Morgan fingerprint density at radius 1 is 1.24 bits per heavy atom. The van der Waals surface area contributed by atoms with Crippen LogP contribution in [0.5, 0.6) is 5.75 Å². The largest absolute Gasteiger partial charge is 0.493 e. The predicted molar refractivity (Wildman–Crippen MR) is 92.3 cm³/mol. The predicted octanol–water partition coefficient (Wildman–Crippen LogP) is 2.44. The van der Waals surface area contributed by atoms with Crippen molar-refractivity contribution in [3.8, 4) is 5.75 Å². The number of nitro groups is 1. The van der Waals surface area contributed by atoms with E-state index in [0.29, 0.717) is 13.0 Å². The highest BCUT2D eigenvalue weighted by molar-refractivity contribution is 7.89. The minimum absolute atomic E-state index is 0.153. The first-order valence-corrected chi connectivity index (χ1v) is 9.11. The molecule has 3 rings (SSSR count). The zero-order valence-electron chi connectivity index (χ0n) is 13.4. The van der Waals surface area contributed by atoms with Crippen molar-refractivity contribution in [2.45, 2.75) is 17.4 Å². The molecule has 0 radical (unpaired) electrons. The van der Waals surface area contributed by atoms with Gasteiger partial charge >= 0.3 is 0 Å². The quantitative estimate of drug-likeness (QED) is 0.623. The van der Waals surface area contributed by atoms with Crippen LogP contribution in [0.25, 0.3) is 0 Å². The van der Waals surface area contributed by atoms with Crippen LogP contribution in [0.4, 0.5) is 11.4 Å². The Hall–Kier alpha value is -2.65. The van der Waals surface area contributed by atoms with Crippen molar-refractivity contribution in [2.75, 3.05) is 19.0 Å². The summed E-state index contributed by atoms with van der Waals surface area (Å²) in [4.78, 5) is 10.7. The van der Waals surface area contributed by atoms with E-state index in [4.69, 9.17) is 4.74 Å². The zero-order chi connectivity index (χ0) is 18.0. The van der Waals surface area contributed by atoms with E-state index >= 15 is 0 Å². The number of hydrogen-bond acceptors (Lipinski definition) is 6. The topological polar surface area (TPSA) is 111 Å². The number of anilines is 1. The third-order valence-corrected chi connectivity index (χ3v) is 5.45. The molecule has 2 N–H and O–H groups in total. The van der Waals surface area contributed by atoms with Crippen LogP contribution in [-0.4, -0.2) is 27.0 Å². The van der Waals surface area contributed by atoms with Crippen LogP contribution in [0, 0.1) is 10.1 Å². The van der Waals surface area contributed by atoms with E-state index in [-0.39, 0.29) is 22.3 Å². The molecule has 9 heteroatoms. The van der Waals surface area contributed by atoms with Gasteiger partial charge in [-0.05, 0) is 25.2 Å². The second-order valence-corrected chi connectivity index (χ2v) is 7.40. The second kappa shape index (κ2) is 6.69. The third kappa shape index (κ3) is 3.42. The fraction of sp³-hybridized carbons (Fsp3) is 0.250. The Morgan fingerprint density at radius 3 is 2.72 bits per heavy atom. The Kier molecular flexibility index (Phi) is 4.60. The maximum atomic E-state index is 11.9. The van der Waals surface area contributed by atoms with E-state index in [2.05, 4.69) is 10.0 Å². The summed E-state index contributed by atoms with van der Waals surface area (Å²) in [6.45, 7) is 0.495. The number of nitrogens with zero attached hydrogens (tertiary/aromatic N) is 1. The average Bonchev–Trinajstić information content (AvgIpc) is 2.62. The smallest absolute Gasteiger partial charge is 0.293 e. The lowest BCUT2D eigenvalue weighted by atomic mass is 10.00. The molecule has 0 aromatic heterocycles. The summed E-state index contributed by atoms with van der Waals surface area (Å²) in [7, 11) is -2.50. The molecule has 0 aliphatic carbocycles. The molecule has 0 spiro atoms. The average molecular weight is 363 g/mol. The summed E-state index contributed by atoms with van der Waals surface area (Å²) in [6.07, 6.45) is 0.644. The van der Waals surface area contributed by atoms with Gasteiger partial charge in [-0.2, -0.15) is 0 Å². The number of nitrogens with one attached hydrogen (secondary N) is 2. The first-order valence-electron chi connectivity index (χ1n) is 7.62. The summed E-state index contributed by atoms with van der Waals surface area (Å²) < 4.78 is 31.5. The van der Waals surface area contributed by atoms with Crippen molar-refractivity contribution in [2.24, 2.45) is 0 Å². The maximum Gasteiger partial charge on any atom is 0.293 e. The number of nitro benzene ring substituents is 1. The number of para-hydroxylation sites is 1. The molecule has 0 bridgehead atoms. The van der Waals surface area contributed by atoms with Gasteiger partial charge in [-0.25, -0.2) is 13.1 Å². The summed E-state index contributed by atoms with van der Waals surface area (Å²) in [6, 6.07) is 11.1. The molecular weight excluding hydrogens is 346 g/mol. The lowest BCUT2D eigenvalue weighted by molar-refractivity contribution is -0.384. The molecule has 1 aliphatic heterocycles. The molecule has 1 unspecified atom stereocenters. The summed E-state index contributed by atoms with van der Waals surface area (Å²) in [5, 5.41) is 14.5. The van der Waals surface area contributed by atoms with Crippen LogP contribution in [-0.2, 0) is 10.0 Å². The van der Waals surface area contributed by atoms with Gasteiger partial charge in [0.2, 0.25) is 10.0 Å². The van der Waals surface area contributed by atoms with Crippen molar-refractivity contribution < 1.29 is 18.1 Å². The molecule has 8 nitrogen and oxygen atoms in total. The van der Waals surface area contributed by atoms with E-state index in [1.54, 1.807) is 0 Å². The molecule has 1 heterocycles. The minimum Gasteiger partial charge on any atom is -0.493 e. The van der Waals surface area contributed by atoms with E-state index in [1.165, 1.54) is 19.2 Å². The van der Waals surface area contributed by atoms with Gasteiger partial charge in [0.1, 0.15) is 11.4 Å². The number of sulfonamides is 1. The standard InChI is InChI=1S/C16H17N3O5S/c1-17-25(22,23)11-6-7-14(15(10-11)19(20)21)18-13-8-9-24-16-5-3-2-4-12(13)16/h2-7,10,13,17-18H,8-9H2,1H3. The second-order valence-electron chi connectivity index (χ2n) is 5.52. The maximum absolute atomic E-state index is 11.9. The van der Waals surface area contributed by atoms with E-state index in [1.807, 2.05) is 24.3 Å². The molecule has 1 aliphatic rings. The van der Waals surface area contributed by atoms with Crippen molar-refractivity contribution in [1.29, 1.82) is 0 Å². The van der Waals surface area contributed by atoms with Crippen LogP contribution >= 0.6 is 0 Å². The van der Waals surface area contributed by atoms with Gasteiger partial charge < -0.3 is 10.1 Å². The number of fused-ring (bicyclic) bond motifs is 1. The van der Waals surface area contributed by atoms with Gasteiger partial charge in [0.05, 0.1) is 22.5 Å². The number of rotatable bonds is 5. The van der Waals surface area contributed by atoms with Crippen molar-refractivity contribution in [3.05, 3.63) is 58.1 Å².